The van der Waals surface area contributed by atoms with E-state index in [0.29, 0.717) is 6.54 Å². The topological polar surface area (TPSA) is 40.7 Å². The summed E-state index contributed by atoms with van der Waals surface area (Å²) in [5.74, 6) is -0.213. The fourth-order valence-corrected chi connectivity index (χ4v) is 2.40. The maximum atomic E-state index is 13.4. The lowest BCUT2D eigenvalue weighted by molar-refractivity contribution is 0.422. The number of nitrogens with zero attached hydrogens (tertiary/aromatic N) is 1. The van der Waals surface area contributed by atoms with Crippen LogP contribution in [0.4, 0.5) is 4.39 Å². The normalized spacial score (nSPS) is 11.8. The molecule has 1 aromatic heterocycles. The number of halogens is 1. The Kier molecular flexibility index (Phi) is 4.27. The van der Waals surface area contributed by atoms with Crippen LogP contribution < -0.4 is 5.32 Å². The van der Waals surface area contributed by atoms with E-state index in [1.807, 2.05) is 0 Å². The molecule has 0 saturated heterocycles. The molecule has 0 fully saturated rings. The van der Waals surface area contributed by atoms with E-state index in [0.717, 1.165) is 15.6 Å². The molecule has 0 saturated carbocycles. The van der Waals surface area contributed by atoms with Gasteiger partial charge in [0.05, 0.1) is 0 Å². The molecule has 0 aliphatic carbocycles. The van der Waals surface area contributed by atoms with Gasteiger partial charge in [-0.05, 0) is 44.5 Å². The first-order valence-electron chi connectivity index (χ1n) is 6.15. The second kappa shape index (κ2) is 5.75. The summed E-state index contributed by atoms with van der Waals surface area (Å²) >= 11 is 1.51. The van der Waals surface area contributed by atoms with E-state index in [9.17, 15) is 4.39 Å². The van der Waals surface area contributed by atoms with Crippen LogP contribution in [0, 0.1) is 5.82 Å². The molecule has 0 spiro atoms. The lowest BCUT2D eigenvalue weighted by Gasteiger charge is -2.21. The van der Waals surface area contributed by atoms with Crippen LogP contribution in [0.5, 0.6) is 0 Å². The number of aromatic nitrogens is 2. The zero-order valence-corrected chi connectivity index (χ0v) is 12.1. The number of H-pyrrole nitrogens is 1. The van der Waals surface area contributed by atoms with Crippen molar-refractivity contribution in [1.82, 2.24) is 15.3 Å². The molecular formula is C14H18FN3S. The van der Waals surface area contributed by atoms with Crippen molar-refractivity contribution in [3.63, 3.8) is 0 Å². The summed E-state index contributed by atoms with van der Waals surface area (Å²) in [7, 11) is 0. The molecule has 0 atom stereocenters. The van der Waals surface area contributed by atoms with Crippen LogP contribution in [0.2, 0.25) is 0 Å². The number of nitrogens with one attached hydrogen (secondary N) is 2. The molecule has 2 aromatic rings. The maximum absolute atomic E-state index is 13.4. The van der Waals surface area contributed by atoms with Crippen molar-refractivity contribution in [3.8, 4) is 0 Å². The Labute approximate surface area is 117 Å². The molecule has 1 heterocycles. The summed E-state index contributed by atoms with van der Waals surface area (Å²) in [6.45, 7) is 6.90. The maximum Gasteiger partial charge on any atom is 0.170 e. The second-order valence-electron chi connectivity index (χ2n) is 5.35. The summed E-state index contributed by atoms with van der Waals surface area (Å²) in [4.78, 5) is 8.22. The van der Waals surface area contributed by atoms with Crippen molar-refractivity contribution >= 4 is 11.8 Å². The van der Waals surface area contributed by atoms with Crippen molar-refractivity contribution < 1.29 is 4.39 Å². The summed E-state index contributed by atoms with van der Waals surface area (Å²) in [6, 6.07) is 4.85. The zero-order chi connectivity index (χ0) is 13.9. The molecule has 2 N–H and O–H groups in total. The molecule has 102 valence electrons. The fraction of sp³-hybridized carbons (Fsp3) is 0.357. The lowest BCUT2D eigenvalue weighted by atomic mass is 10.1. The molecule has 0 unspecified atom stereocenters. The minimum absolute atomic E-state index is 0.00106. The van der Waals surface area contributed by atoms with Crippen molar-refractivity contribution in [2.75, 3.05) is 0 Å². The quantitative estimate of drug-likeness (QED) is 0.898. The van der Waals surface area contributed by atoms with Gasteiger partial charge in [0.1, 0.15) is 5.82 Å². The predicted molar refractivity (Wildman–Crippen MR) is 75.7 cm³/mol. The van der Waals surface area contributed by atoms with Crippen LogP contribution in [-0.4, -0.2) is 15.5 Å². The molecule has 0 bridgehead atoms. The van der Waals surface area contributed by atoms with Crippen LogP contribution in [0.1, 0.15) is 26.3 Å². The SMILES string of the molecule is CC(C)(C)NCc1cc(F)ccc1Sc1ncc[nH]1. The van der Waals surface area contributed by atoms with E-state index in [-0.39, 0.29) is 11.4 Å². The van der Waals surface area contributed by atoms with Gasteiger partial charge >= 0.3 is 0 Å². The summed E-state index contributed by atoms with van der Waals surface area (Å²) < 4.78 is 13.4. The van der Waals surface area contributed by atoms with Crippen molar-refractivity contribution in [1.29, 1.82) is 0 Å². The van der Waals surface area contributed by atoms with Crippen molar-refractivity contribution in [3.05, 3.63) is 42.0 Å². The van der Waals surface area contributed by atoms with Crippen LogP contribution in [0.25, 0.3) is 0 Å². The van der Waals surface area contributed by atoms with E-state index in [4.69, 9.17) is 0 Å². The molecular weight excluding hydrogens is 261 g/mol. The van der Waals surface area contributed by atoms with Gasteiger partial charge in [0.25, 0.3) is 0 Å². The van der Waals surface area contributed by atoms with Gasteiger partial charge in [0.2, 0.25) is 0 Å². The third-order valence-corrected chi connectivity index (χ3v) is 3.55. The fourth-order valence-electron chi connectivity index (χ4n) is 1.56. The van der Waals surface area contributed by atoms with Crippen LogP contribution >= 0.6 is 11.8 Å². The number of hydrogen-bond donors (Lipinski definition) is 2. The minimum Gasteiger partial charge on any atom is -0.339 e. The van der Waals surface area contributed by atoms with Gasteiger partial charge in [-0.25, -0.2) is 9.37 Å². The summed E-state index contributed by atoms with van der Waals surface area (Å²) in [6.07, 6.45) is 3.48. The lowest BCUT2D eigenvalue weighted by Crippen LogP contribution is -2.35. The smallest absolute Gasteiger partial charge is 0.170 e. The first-order valence-corrected chi connectivity index (χ1v) is 6.96. The highest BCUT2D eigenvalue weighted by Crippen LogP contribution is 2.28. The third-order valence-electron chi connectivity index (χ3n) is 2.51. The van der Waals surface area contributed by atoms with Gasteiger partial charge in [-0.3, -0.25) is 0 Å². The Morgan fingerprint density at radius 1 is 1.37 bits per heavy atom. The molecule has 3 nitrogen and oxygen atoms in total. The number of aromatic amines is 1. The van der Waals surface area contributed by atoms with Crippen LogP contribution in [-0.2, 0) is 6.54 Å². The highest BCUT2D eigenvalue weighted by Gasteiger charge is 2.12. The number of hydrogen-bond acceptors (Lipinski definition) is 3. The average molecular weight is 279 g/mol. The molecule has 0 aliphatic rings. The summed E-state index contributed by atoms with van der Waals surface area (Å²) in [5.41, 5.74) is 0.940. The van der Waals surface area contributed by atoms with Crippen LogP contribution in [0.3, 0.4) is 0 Å². The zero-order valence-electron chi connectivity index (χ0n) is 11.3. The molecule has 19 heavy (non-hydrogen) atoms. The first-order chi connectivity index (χ1) is 8.94. The Bertz CT molecular complexity index is 532. The average Bonchev–Trinajstić information content (AvgIpc) is 2.81. The Balaban J connectivity index is 2.18. The highest BCUT2D eigenvalue weighted by molar-refractivity contribution is 7.99. The second-order valence-corrected chi connectivity index (χ2v) is 6.38. The monoisotopic (exact) mass is 279 g/mol. The molecule has 2 rings (SSSR count). The van der Waals surface area contributed by atoms with E-state index in [1.165, 1.54) is 17.8 Å². The van der Waals surface area contributed by atoms with Gasteiger partial charge in [0, 0.05) is 29.4 Å². The van der Waals surface area contributed by atoms with Gasteiger partial charge in [-0.2, -0.15) is 0 Å². The molecule has 0 radical (unpaired) electrons. The molecule has 1 aromatic carbocycles. The number of imidazole rings is 1. The van der Waals surface area contributed by atoms with Crippen molar-refractivity contribution in [2.45, 2.75) is 42.9 Å². The summed E-state index contributed by atoms with van der Waals surface area (Å²) in [5, 5.41) is 4.18. The van der Waals surface area contributed by atoms with Gasteiger partial charge in [0.15, 0.2) is 5.16 Å². The predicted octanol–water partition coefficient (Wildman–Crippen LogP) is 3.59. The van der Waals surface area contributed by atoms with Crippen molar-refractivity contribution in [2.24, 2.45) is 0 Å². The first kappa shape index (κ1) is 14.1. The molecule has 0 aliphatic heterocycles. The van der Waals surface area contributed by atoms with Gasteiger partial charge < -0.3 is 10.3 Å². The standard InChI is InChI=1S/C14H18FN3S/c1-14(2,3)18-9-10-8-11(15)4-5-12(10)19-13-16-6-7-17-13/h4-8,18H,9H2,1-3H3,(H,16,17). The minimum atomic E-state index is -0.213. The number of benzene rings is 1. The van der Waals surface area contributed by atoms with Gasteiger partial charge in [-0.15, -0.1) is 0 Å². The van der Waals surface area contributed by atoms with E-state index in [2.05, 4.69) is 36.1 Å². The van der Waals surface area contributed by atoms with Crippen LogP contribution in [0.15, 0.2) is 40.6 Å². The van der Waals surface area contributed by atoms with Gasteiger partial charge in [-0.1, -0.05) is 11.8 Å². The molecule has 5 heteroatoms. The Morgan fingerprint density at radius 3 is 2.79 bits per heavy atom. The highest BCUT2D eigenvalue weighted by atomic mass is 32.2. The van der Waals surface area contributed by atoms with E-state index in [1.54, 1.807) is 24.5 Å². The molecule has 0 amide bonds. The van der Waals surface area contributed by atoms with E-state index < -0.39 is 0 Å². The Hall–Kier alpha value is -1.33. The largest absolute Gasteiger partial charge is 0.339 e. The Morgan fingerprint density at radius 2 is 2.16 bits per heavy atom. The van der Waals surface area contributed by atoms with E-state index >= 15 is 0 Å². The third kappa shape index (κ3) is 4.36. The number of rotatable bonds is 4.